The molecule has 0 atom stereocenters. The van der Waals surface area contributed by atoms with Crippen molar-refractivity contribution in [3.63, 3.8) is 0 Å². The topological polar surface area (TPSA) is 64.0 Å². The van der Waals surface area contributed by atoms with Crippen LogP contribution in [0, 0.1) is 19.7 Å². The molecular weight excluding hydrogens is 377 g/mol. The highest BCUT2D eigenvalue weighted by Gasteiger charge is 2.19. The number of anilines is 1. The van der Waals surface area contributed by atoms with Crippen molar-refractivity contribution in [2.24, 2.45) is 0 Å². The fourth-order valence-electron chi connectivity index (χ4n) is 2.52. The van der Waals surface area contributed by atoms with Gasteiger partial charge in [-0.05, 0) is 54.8 Å². The third-order valence-electron chi connectivity index (χ3n) is 3.88. The van der Waals surface area contributed by atoms with Gasteiger partial charge < -0.3 is 0 Å². The molecule has 3 rings (SSSR count). The van der Waals surface area contributed by atoms with Gasteiger partial charge in [-0.1, -0.05) is 23.7 Å². The summed E-state index contributed by atoms with van der Waals surface area (Å²) in [5.74, 6) is -0.101. The van der Waals surface area contributed by atoms with E-state index >= 15 is 0 Å². The molecule has 3 aromatic rings. The summed E-state index contributed by atoms with van der Waals surface area (Å²) in [6.07, 6.45) is 1.65. The molecule has 0 spiro atoms. The highest BCUT2D eigenvalue weighted by atomic mass is 35.5. The average Bonchev–Trinajstić information content (AvgIpc) is 2.99. The Bertz CT molecular complexity index is 1050. The molecule has 0 aliphatic rings. The molecule has 136 valence electrons. The van der Waals surface area contributed by atoms with Gasteiger partial charge in [-0.15, -0.1) is 0 Å². The predicted octanol–water partition coefficient (Wildman–Crippen LogP) is 4.14. The van der Waals surface area contributed by atoms with E-state index in [4.69, 9.17) is 11.6 Å². The summed E-state index contributed by atoms with van der Waals surface area (Å²) in [5, 5.41) is 4.73. The van der Waals surface area contributed by atoms with E-state index in [-0.39, 0.29) is 16.5 Å². The number of benzene rings is 2. The summed E-state index contributed by atoms with van der Waals surface area (Å²) in [6, 6.07) is 10.8. The molecule has 8 heteroatoms. The molecule has 0 radical (unpaired) electrons. The van der Waals surface area contributed by atoms with E-state index in [0.29, 0.717) is 22.7 Å². The Balaban J connectivity index is 1.80. The van der Waals surface area contributed by atoms with Crippen LogP contribution in [0.1, 0.15) is 16.7 Å². The molecule has 0 amide bonds. The number of rotatable bonds is 5. The van der Waals surface area contributed by atoms with E-state index in [1.54, 1.807) is 49.0 Å². The van der Waals surface area contributed by atoms with Crippen molar-refractivity contribution in [3.8, 4) is 0 Å². The van der Waals surface area contributed by atoms with Crippen molar-refractivity contribution >= 4 is 27.4 Å². The van der Waals surface area contributed by atoms with Gasteiger partial charge in [0, 0.05) is 17.3 Å². The summed E-state index contributed by atoms with van der Waals surface area (Å²) in [5.41, 5.74) is 2.09. The normalized spacial score (nSPS) is 11.5. The van der Waals surface area contributed by atoms with Crippen molar-refractivity contribution in [3.05, 3.63) is 76.2 Å². The maximum atomic E-state index is 13.0. The van der Waals surface area contributed by atoms with E-state index < -0.39 is 10.0 Å². The number of sulfonamides is 1. The van der Waals surface area contributed by atoms with E-state index in [0.717, 1.165) is 5.56 Å². The minimum absolute atomic E-state index is 0.160. The van der Waals surface area contributed by atoms with Crippen LogP contribution in [0.15, 0.2) is 53.6 Å². The summed E-state index contributed by atoms with van der Waals surface area (Å²) in [4.78, 5) is 0.160. The molecular formula is C18H17ClFN3O2S. The Morgan fingerprint density at radius 2 is 1.81 bits per heavy atom. The fraction of sp³-hybridized carbons (Fsp3) is 0.167. The van der Waals surface area contributed by atoms with Gasteiger partial charge in [-0.25, -0.2) is 12.8 Å². The molecule has 5 nitrogen and oxygen atoms in total. The molecule has 0 aliphatic carbocycles. The van der Waals surface area contributed by atoms with E-state index in [1.165, 1.54) is 18.2 Å². The monoisotopic (exact) mass is 393 g/mol. The van der Waals surface area contributed by atoms with E-state index in [1.807, 2.05) is 0 Å². The van der Waals surface area contributed by atoms with Crippen LogP contribution in [0.4, 0.5) is 10.2 Å². The first-order valence-corrected chi connectivity index (χ1v) is 9.68. The molecule has 0 fully saturated rings. The van der Waals surface area contributed by atoms with E-state index in [2.05, 4.69) is 9.82 Å². The predicted molar refractivity (Wildman–Crippen MR) is 99.5 cm³/mol. The number of aromatic nitrogens is 2. The zero-order chi connectivity index (χ0) is 18.9. The Morgan fingerprint density at radius 3 is 2.50 bits per heavy atom. The van der Waals surface area contributed by atoms with Crippen LogP contribution < -0.4 is 4.72 Å². The minimum atomic E-state index is -3.78. The standard InChI is InChI=1S/C18H17ClFN3O2S/c1-12-10-17(13(2)9-16(12)19)26(24,25)22-18-7-8-23(21-18)11-14-3-5-15(20)6-4-14/h3-10H,11H2,1-2H3,(H,21,22). The number of halogens is 2. The second-order valence-electron chi connectivity index (χ2n) is 6.00. The zero-order valence-corrected chi connectivity index (χ0v) is 15.8. The first-order valence-electron chi connectivity index (χ1n) is 7.82. The van der Waals surface area contributed by atoms with Crippen molar-refractivity contribution in [2.75, 3.05) is 4.72 Å². The van der Waals surface area contributed by atoms with Crippen molar-refractivity contribution in [2.45, 2.75) is 25.3 Å². The molecule has 0 unspecified atom stereocenters. The van der Waals surface area contributed by atoms with Crippen LogP contribution in [-0.4, -0.2) is 18.2 Å². The van der Waals surface area contributed by atoms with Gasteiger partial charge in [0.05, 0.1) is 11.4 Å². The van der Waals surface area contributed by atoms with Gasteiger partial charge in [0.2, 0.25) is 0 Å². The summed E-state index contributed by atoms with van der Waals surface area (Å²) < 4.78 is 42.3. The van der Waals surface area contributed by atoms with Crippen LogP contribution in [0.25, 0.3) is 0 Å². The van der Waals surface area contributed by atoms with Crippen LogP contribution >= 0.6 is 11.6 Å². The van der Waals surface area contributed by atoms with Gasteiger partial charge in [-0.2, -0.15) is 5.10 Å². The Hall–Kier alpha value is -2.38. The molecule has 2 aromatic carbocycles. The SMILES string of the molecule is Cc1cc(S(=O)(=O)Nc2ccn(Cc3ccc(F)cc3)n2)c(C)cc1Cl. The van der Waals surface area contributed by atoms with Gasteiger partial charge in [0.1, 0.15) is 5.82 Å². The number of nitrogens with zero attached hydrogens (tertiary/aromatic N) is 2. The zero-order valence-electron chi connectivity index (χ0n) is 14.2. The highest BCUT2D eigenvalue weighted by Crippen LogP contribution is 2.25. The molecule has 1 aromatic heterocycles. The quantitative estimate of drug-likeness (QED) is 0.708. The molecule has 0 saturated heterocycles. The number of hydrogen-bond donors (Lipinski definition) is 1. The second kappa shape index (κ2) is 7.09. The van der Waals surface area contributed by atoms with Crippen LogP contribution in [0.2, 0.25) is 5.02 Å². The van der Waals surface area contributed by atoms with Gasteiger partial charge in [0.25, 0.3) is 10.0 Å². The summed E-state index contributed by atoms with van der Waals surface area (Å²) in [6.45, 7) is 3.84. The lowest BCUT2D eigenvalue weighted by atomic mass is 10.2. The number of hydrogen-bond acceptors (Lipinski definition) is 3. The third kappa shape index (κ3) is 4.05. The maximum Gasteiger partial charge on any atom is 0.263 e. The fourth-order valence-corrected chi connectivity index (χ4v) is 4.04. The smallest absolute Gasteiger partial charge is 0.263 e. The van der Waals surface area contributed by atoms with Crippen LogP contribution in [0.3, 0.4) is 0 Å². The lowest BCUT2D eigenvalue weighted by molar-refractivity contribution is 0.600. The van der Waals surface area contributed by atoms with Crippen LogP contribution in [0.5, 0.6) is 0 Å². The van der Waals surface area contributed by atoms with Crippen molar-refractivity contribution in [1.82, 2.24) is 9.78 Å². The number of aryl methyl sites for hydroxylation is 2. The molecule has 0 aliphatic heterocycles. The Kier molecular flexibility index (Phi) is 5.02. The van der Waals surface area contributed by atoms with Gasteiger partial charge >= 0.3 is 0 Å². The van der Waals surface area contributed by atoms with E-state index in [9.17, 15) is 12.8 Å². The lowest BCUT2D eigenvalue weighted by Gasteiger charge is -2.10. The Morgan fingerprint density at radius 1 is 1.12 bits per heavy atom. The summed E-state index contributed by atoms with van der Waals surface area (Å²) >= 11 is 6.03. The number of nitrogens with one attached hydrogen (secondary N) is 1. The molecule has 1 N–H and O–H groups in total. The van der Waals surface area contributed by atoms with Gasteiger partial charge in [-0.3, -0.25) is 9.40 Å². The lowest BCUT2D eigenvalue weighted by Crippen LogP contribution is -2.15. The van der Waals surface area contributed by atoms with Crippen LogP contribution in [-0.2, 0) is 16.6 Å². The molecule has 0 bridgehead atoms. The average molecular weight is 394 g/mol. The molecule has 1 heterocycles. The third-order valence-corrected chi connectivity index (χ3v) is 5.79. The Labute approximate surface area is 156 Å². The highest BCUT2D eigenvalue weighted by molar-refractivity contribution is 7.92. The first-order chi connectivity index (χ1) is 12.2. The summed E-state index contributed by atoms with van der Waals surface area (Å²) in [7, 11) is -3.78. The largest absolute Gasteiger partial charge is 0.266 e. The minimum Gasteiger partial charge on any atom is -0.266 e. The first kappa shape index (κ1) is 18.4. The van der Waals surface area contributed by atoms with Crippen molar-refractivity contribution < 1.29 is 12.8 Å². The molecule has 26 heavy (non-hydrogen) atoms. The second-order valence-corrected chi connectivity index (χ2v) is 8.06. The van der Waals surface area contributed by atoms with Gasteiger partial charge in [0.15, 0.2) is 5.82 Å². The molecule has 0 saturated carbocycles. The van der Waals surface area contributed by atoms with Crippen molar-refractivity contribution in [1.29, 1.82) is 0 Å². The maximum absolute atomic E-state index is 13.0.